The van der Waals surface area contributed by atoms with Gasteiger partial charge >= 0.3 is 0 Å². The molecule has 0 spiro atoms. The van der Waals surface area contributed by atoms with Crippen molar-refractivity contribution in [2.24, 2.45) is 0 Å². The Bertz CT molecular complexity index is 771. The van der Waals surface area contributed by atoms with Gasteiger partial charge in [-0.15, -0.1) is 12.4 Å². The first-order valence-electron chi connectivity index (χ1n) is 10.3. The molecule has 1 aromatic rings. The van der Waals surface area contributed by atoms with Crippen molar-refractivity contribution in [1.29, 1.82) is 0 Å². The molecule has 2 aliphatic rings. The monoisotopic (exact) mass is 454 g/mol. The van der Waals surface area contributed by atoms with E-state index in [9.17, 15) is 9.90 Å². The van der Waals surface area contributed by atoms with Crippen LogP contribution in [-0.2, 0) is 20.4 Å². The molecule has 168 valence electrons. The van der Waals surface area contributed by atoms with Gasteiger partial charge in [0.2, 0.25) is 0 Å². The Morgan fingerprint density at radius 1 is 1.07 bits per heavy atom. The van der Waals surface area contributed by atoms with Crippen LogP contribution in [0.5, 0.6) is 5.75 Å². The lowest BCUT2D eigenvalue weighted by Crippen LogP contribution is -2.44. The highest BCUT2D eigenvalue weighted by Crippen LogP contribution is 2.41. The maximum Gasteiger partial charge on any atom is 0.262 e. The fourth-order valence-electron chi connectivity index (χ4n) is 3.65. The van der Waals surface area contributed by atoms with Crippen molar-refractivity contribution in [1.82, 2.24) is 9.80 Å². The SMILES string of the molecule is CC(C)(C)c1cc(C=C2SCN(CN3CCOCC3)C2=O)cc(C(C)(C)C)c1O.Cl. The molecule has 1 aromatic carbocycles. The number of carbonyl (C=O) groups is 1. The largest absolute Gasteiger partial charge is 0.507 e. The second-order valence-electron chi connectivity index (χ2n) is 9.96. The predicted octanol–water partition coefficient (Wildman–Crippen LogP) is 4.57. The van der Waals surface area contributed by atoms with Crippen LogP contribution in [-0.4, -0.2) is 59.7 Å². The first-order chi connectivity index (χ1) is 13.5. The van der Waals surface area contributed by atoms with Crippen LogP contribution in [0.25, 0.3) is 6.08 Å². The standard InChI is InChI=1S/C23H34N2O3S.ClH/c1-22(2,3)17-11-16(12-18(20(17)26)23(4,5)6)13-19-21(27)25(15-29-19)14-24-7-9-28-10-8-24;/h11-13,26H,7-10,14-15H2,1-6H3;1H. The number of halogens is 1. The number of hydrogen-bond donors (Lipinski definition) is 1. The molecule has 0 aromatic heterocycles. The van der Waals surface area contributed by atoms with Gasteiger partial charge in [0.05, 0.1) is 30.7 Å². The van der Waals surface area contributed by atoms with Crippen LogP contribution >= 0.6 is 24.2 Å². The van der Waals surface area contributed by atoms with Crippen molar-refractivity contribution in [2.45, 2.75) is 52.4 Å². The number of thioether (sulfide) groups is 1. The van der Waals surface area contributed by atoms with Gasteiger partial charge in [-0.1, -0.05) is 53.3 Å². The van der Waals surface area contributed by atoms with Crippen molar-refractivity contribution >= 4 is 36.2 Å². The highest BCUT2D eigenvalue weighted by Gasteiger charge is 2.30. The van der Waals surface area contributed by atoms with Crippen molar-refractivity contribution in [3.05, 3.63) is 33.7 Å². The summed E-state index contributed by atoms with van der Waals surface area (Å²) in [7, 11) is 0. The average molecular weight is 455 g/mol. The molecule has 3 rings (SSSR count). The van der Waals surface area contributed by atoms with Crippen LogP contribution in [0.4, 0.5) is 0 Å². The quantitative estimate of drug-likeness (QED) is 0.678. The zero-order chi connectivity index (χ0) is 21.4. The Balaban J connectivity index is 0.00000320. The maximum absolute atomic E-state index is 12.9. The summed E-state index contributed by atoms with van der Waals surface area (Å²) in [6.45, 7) is 16.5. The third-order valence-electron chi connectivity index (χ3n) is 5.39. The maximum atomic E-state index is 12.9. The molecule has 0 bridgehead atoms. The van der Waals surface area contributed by atoms with Gasteiger partial charge in [0.15, 0.2) is 0 Å². The molecule has 0 atom stereocenters. The Kier molecular flexibility index (Phi) is 7.94. The van der Waals surface area contributed by atoms with E-state index in [0.29, 0.717) is 18.3 Å². The normalized spacial score (nSPS) is 20.0. The summed E-state index contributed by atoms with van der Waals surface area (Å²) in [6.07, 6.45) is 1.98. The summed E-state index contributed by atoms with van der Waals surface area (Å²) < 4.78 is 5.40. The van der Waals surface area contributed by atoms with Crippen LogP contribution in [0.2, 0.25) is 0 Å². The number of carbonyl (C=O) groups excluding carboxylic acids is 1. The second-order valence-corrected chi connectivity index (χ2v) is 11.0. The number of hydrogen-bond acceptors (Lipinski definition) is 5. The molecule has 0 radical (unpaired) electrons. The molecule has 2 saturated heterocycles. The summed E-state index contributed by atoms with van der Waals surface area (Å²) in [6, 6.07) is 4.05. The number of ether oxygens (including phenoxy) is 1. The number of benzene rings is 1. The van der Waals surface area contributed by atoms with E-state index in [1.165, 1.54) is 0 Å². The summed E-state index contributed by atoms with van der Waals surface area (Å²) in [4.78, 5) is 17.9. The minimum absolute atomic E-state index is 0. The molecule has 2 fully saturated rings. The third-order valence-corrected chi connectivity index (χ3v) is 6.44. The summed E-state index contributed by atoms with van der Waals surface area (Å²) in [5.41, 5.74) is 2.43. The van der Waals surface area contributed by atoms with E-state index in [1.807, 2.05) is 23.1 Å². The van der Waals surface area contributed by atoms with Gasteiger partial charge in [-0.05, 0) is 34.6 Å². The minimum Gasteiger partial charge on any atom is -0.507 e. The van der Waals surface area contributed by atoms with E-state index < -0.39 is 0 Å². The van der Waals surface area contributed by atoms with Crippen molar-refractivity contribution in [3.8, 4) is 5.75 Å². The molecule has 5 nitrogen and oxygen atoms in total. The molecular formula is C23H35ClN2O3S. The van der Waals surface area contributed by atoms with E-state index >= 15 is 0 Å². The molecule has 0 unspecified atom stereocenters. The molecule has 1 N–H and O–H groups in total. The fraction of sp³-hybridized carbons (Fsp3) is 0.609. The Labute approximate surface area is 191 Å². The fourth-order valence-corrected chi connectivity index (χ4v) is 4.62. The summed E-state index contributed by atoms with van der Waals surface area (Å²) in [5.74, 6) is 1.13. The van der Waals surface area contributed by atoms with Gasteiger partial charge in [-0.3, -0.25) is 9.69 Å². The van der Waals surface area contributed by atoms with Gasteiger partial charge in [0.25, 0.3) is 5.91 Å². The van der Waals surface area contributed by atoms with Crippen LogP contribution < -0.4 is 0 Å². The summed E-state index contributed by atoms with van der Waals surface area (Å²) >= 11 is 1.59. The number of aromatic hydroxyl groups is 1. The van der Waals surface area contributed by atoms with E-state index in [2.05, 4.69) is 46.4 Å². The van der Waals surface area contributed by atoms with Gasteiger partial charge in [-0.25, -0.2) is 0 Å². The van der Waals surface area contributed by atoms with Crippen LogP contribution in [0.15, 0.2) is 17.0 Å². The van der Waals surface area contributed by atoms with Crippen molar-refractivity contribution in [2.75, 3.05) is 38.8 Å². The highest BCUT2D eigenvalue weighted by atomic mass is 35.5. The molecule has 7 heteroatoms. The van der Waals surface area contributed by atoms with Crippen molar-refractivity contribution in [3.63, 3.8) is 0 Å². The second kappa shape index (κ2) is 9.51. The zero-order valence-corrected chi connectivity index (χ0v) is 20.6. The molecule has 1 amide bonds. The molecule has 0 aliphatic carbocycles. The van der Waals surface area contributed by atoms with E-state index in [1.54, 1.807) is 11.8 Å². The number of morpholine rings is 1. The number of nitrogens with zero attached hydrogens (tertiary/aromatic N) is 2. The van der Waals surface area contributed by atoms with Crippen LogP contribution in [0.1, 0.15) is 58.2 Å². The first-order valence-corrected chi connectivity index (χ1v) is 11.3. The van der Waals surface area contributed by atoms with E-state index in [-0.39, 0.29) is 29.1 Å². The lowest BCUT2D eigenvalue weighted by atomic mass is 9.78. The minimum atomic E-state index is -0.187. The lowest BCUT2D eigenvalue weighted by molar-refractivity contribution is -0.127. The molecule has 2 heterocycles. The third kappa shape index (κ3) is 5.72. The molecule has 30 heavy (non-hydrogen) atoms. The Morgan fingerprint density at radius 2 is 1.60 bits per heavy atom. The molecular weight excluding hydrogens is 420 g/mol. The number of phenolic OH excluding ortho intramolecular Hbond substituents is 1. The number of phenols is 1. The average Bonchev–Trinajstić information content (AvgIpc) is 2.95. The number of rotatable bonds is 3. The number of amides is 1. The molecule has 2 aliphatic heterocycles. The topological polar surface area (TPSA) is 53.0 Å². The smallest absolute Gasteiger partial charge is 0.262 e. The van der Waals surface area contributed by atoms with E-state index in [4.69, 9.17) is 4.74 Å². The Morgan fingerprint density at radius 3 is 2.10 bits per heavy atom. The zero-order valence-electron chi connectivity index (χ0n) is 18.9. The Hall–Kier alpha value is -1.21. The lowest BCUT2D eigenvalue weighted by Gasteiger charge is -2.30. The first kappa shape index (κ1) is 25.1. The summed E-state index contributed by atoms with van der Waals surface area (Å²) in [5, 5.41) is 10.9. The predicted molar refractivity (Wildman–Crippen MR) is 127 cm³/mol. The van der Waals surface area contributed by atoms with Crippen LogP contribution in [0.3, 0.4) is 0 Å². The molecule has 0 saturated carbocycles. The van der Waals surface area contributed by atoms with Gasteiger partial charge in [-0.2, -0.15) is 0 Å². The van der Waals surface area contributed by atoms with Gasteiger partial charge in [0, 0.05) is 24.2 Å². The van der Waals surface area contributed by atoms with Crippen molar-refractivity contribution < 1.29 is 14.6 Å². The van der Waals surface area contributed by atoms with Gasteiger partial charge < -0.3 is 14.7 Å². The van der Waals surface area contributed by atoms with Gasteiger partial charge in [0.1, 0.15) is 5.75 Å². The van der Waals surface area contributed by atoms with Crippen LogP contribution in [0, 0.1) is 0 Å². The highest BCUT2D eigenvalue weighted by molar-refractivity contribution is 8.04. The van der Waals surface area contributed by atoms with E-state index in [0.717, 1.165) is 47.9 Å².